The smallest absolute Gasteiger partial charge is 0.270 e. The number of nitrogens with one attached hydrogen (secondary N) is 1. The molecule has 2 amide bonds. The van der Waals surface area contributed by atoms with Crippen molar-refractivity contribution >= 4 is 52.5 Å². The first-order valence-corrected chi connectivity index (χ1v) is 8.24. The lowest BCUT2D eigenvalue weighted by atomic mass is 10.1. The molecule has 2 aromatic carbocycles. The van der Waals surface area contributed by atoms with Crippen molar-refractivity contribution in [2.45, 2.75) is 0 Å². The van der Waals surface area contributed by atoms with Gasteiger partial charge in [0.05, 0.1) is 17.8 Å². The number of ether oxygens (including phenoxy) is 1. The molecule has 1 fully saturated rings. The number of aromatic hydroxyl groups is 1. The molecule has 0 unspecified atom stereocenters. The van der Waals surface area contributed by atoms with E-state index >= 15 is 0 Å². The minimum atomic E-state index is -0.615. The van der Waals surface area contributed by atoms with Crippen LogP contribution in [-0.4, -0.2) is 29.1 Å². The maximum atomic E-state index is 12.9. The van der Waals surface area contributed by atoms with Crippen molar-refractivity contribution in [1.29, 1.82) is 0 Å². The predicted octanol–water partition coefficient (Wildman–Crippen LogP) is 2.89. The Morgan fingerprint density at radius 2 is 1.92 bits per heavy atom. The molecule has 0 aliphatic carbocycles. The normalized spacial score (nSPS) is 16.0. The van der Waals surface area contributed by atoms with Crippen molar-refractivity contribution < 1.29 is 19.4 Å². The summed E-state index contributed by atoms with van der Waals surface area (Å²) in [6, 6.07) is 11.6. The van der Waals surface area contributed by atoms with Gasteiger partial charge in [-0.3, -0.25) is 19.8 Å². The zero-order chi connectivity index (χ0) is 18.8. The van der Waals surface area contributed by atoms with E-state index in [0.29, 0.717) is 11.3 Å². The van der Waals surface area contributed by atoms with E-state index in [4.69, 9.17) is 28.6 Å². The zero-order valence-electron chi connectivity index (χ0n) is 13.5. The number of phenolic OH excluding ortho intramolecular Hbond substituents is 1. The van der Waals surface area contributed by atoms with Gasteiger partial charge in [0, 0.05) is 0 Å². The van der Waals surface area contributed by atoms with Gasteiger partial charge < -0.3 is 9.84 Å². The van der Waals surface area contributed by atoms with Crippen molar-refractivity contribution in [2.24, 2.45) is 0 Å². The van der Waals surface area contributed by atoms with Crippen LogP contribution in [-0.2, 0) is 9.59 Å². The van der Waals surface area contributed by atoms with Gasteiger partial charge in [0.15, 0.2) is 16.6 Å². The maximum absolute atomic E-state index is 12.9. The molecule has 1 heterocycles. The summed E-state index contributed by atoms with van der Waals surface area (Å²) in [5.74, 6) is -1.27. The summed E-state index contributed by atoms with van der Waals surface area (Å²) in [7, 11) is 1.37. The highest BCUT2D eigenvalue weighted by Crippen LogP contribution is 2.35. The molecule has 0 atom stereocenters. The van der Waals surface area contributed by atoms with Gasteiger partial charge in [0.25, 0.3) is 11.8 Å². The molecule has 0 aromatic heterocycles. The lowest BCUT2D eigenvalue weighted by Gasteiger charge is -2.28. The Kier molecular flexibility index (Phi) is 4.92. The molecule has 2 N–H and O–H groups in total. The van der Waals surface area contributed by atoms with Crippen LogP contribution in [0, 0.1) is 0 Å². The topological polar surface area (TPSA) is 78.9 Å². The second-order valence-electron chi connectivity index (χ2n) is 5.35. The molecular formula is C18H13ClN2O4S. The molecule has 26 heavy (non-hydrogen) atoms. The van der Waals surface area contributed by atoms with Gasteiger partial charge in [-0.15, -0.1) is 0 Å². The van der Waals surface area contributed by atoms with Crippen LogP contribution < -0.4 is 15.0 Å². The van der Waals surface area contributed by atoms with Crippen molar-refractivity contribution in [2.75, 3.05) is 12.0 Å². The molecule has 3 rings (SSSR count). The average molecular weight is 389 g/mol. The van der Waals surface area contributed by atoms with E-state index in [1.165, 1.54) is 30.2 Å². The van der Waals surface area contributed by atoms with E-state index in [-0.39, 0.29) is 27.2 Å². The Hall–Kier alpha value is -2.90. The van der Waals surface area contributed by atoms with E-state index in [2.05, 4.69) is 5.32 Å². The van der Waals surface area contributed by atoms with Crippen LogP contribution in [0.3, 0.4) is 0 Å². The first kappa shape index (κ1) is 17.9. The summed E-state index contributed by atoms with van der Waals surface area (Å²) in [5, 5.41) is 12.3. The minimum absolute atomic E-state index is 0.00432. The summed E-state index contributed by atoms with van der Waals surface area (Å²) >= 11 is 11.1. The number of rotatable bonds is 3. The second-order valence-corrected chi connectivity index (χ2v) is 6.14. The van der Waals surface area contributed by atoms with Crippen LogP contribution in [0.4, 0.5) is 5.69 Å². The van der Waals surface area contributed by atoms with Gasteiger partial charge in [-0.2, -0.15) is 0 Å². The number of phenols is 1. The van der Waals surface area contributed by atoms with Crippen LogP contribution in [0.5, 0.6) is 11.5 Å². The molecule has 2 aromatic rings. The molecule has 1 saturated heterocycles. The molecule has 0 spiro atoms. The summed E-state index contributed by atoms with van der Waals surface area (Å²) in [6.07, 6.45) is 1.36. The Labute approximate surface area is 159 Å². The van der Waals surface area contributed by atoms with Crippen molar-refractivity contribution in [3.8, 4) is 11.5 Å². The number of thiocarbonyl (C=S) groups is 1. The molecular weight excluding hydrogens is 376 g/mol. The zero-order valence-corrected chi connectivity index (χ0v) is 15.1. The third-order valence-corrected chi connectivity index (χ3v) is 4.27. The number of benzene rings is 2. The van der Waals surface area contributed by atoms with Gasteiger partial charge in [-0.1, -0.05) is 29.8 Å². The van der Waals surface area contributed by atoms with E-state index in [0.717, 1.165) is 0 Å². The van der Waals surface area contributed by atoms with Crippen LogP contribution in [0.25, 0.3) is 6.08 Å². The van der Waals surface area contributed by atoms with Gasteiger partial charge in [-0.05, 0) is 48.1 Å². The van der Waals surface area contributed by atoms with Crippen LogP contribution in [0.1, 0.15) is 5.56 Å². The fraction of sp³-hybridized carbons (Fsp3) is 0.0556. The molecule has 1 aliphatic heterocycles. The summed E-state index contributed by atoms with van der Waals surface area (Å²) in [6.45, 7) is 0. The SMILES string of the molecule is COc1cc(/C=C2\C(=O)NC(=S)N(c3ccccc3)C2=O)cc(Cl)c1O. The van der Waals surface area contributed by atoms with E-state index in [1.54, 1.807) is 30.3 Å². The number of hydrogen-bond acceptors (Lipinski definition) is 5. The number of nitrogens with zero attached hydrogens (tertiary/aromatic N) is 1. The highest BCUT2D eigenvalue weighted by Gasteiger charge is 2.34. The van der Waals surface area contributed by atoms with E-state index in [1.807, 2.05) is 0 Å². The van der Waals surface area contributed by atoms with E-state index in [9.17, 15) is 14.7 Å². The second kappa shape index (κ2) is 7.15. The first-order valence-electron chi connectivity index (χ1n) is 7.45. The Balaban J connectivity index is 2.05. The standard InChI is InChI=1S/C18H13ClN2O4S/c1-25-14-9-10(8-13(19)15(14)22)7-12-16(23)20-18(26)21(17(12)24)11-5-3-2-4-6-11/h2-9,22H,1H3,(H,20,23,26)/b12-7+. The number of methoxy groups -OCH3 is 1. The highest BCUT2D eigenvalue weighted by molar-refractivity contribution is 7.80. The van der Waals surface area contributed by atoms with Gasteiger partial charge >= 0.3 is 0 Å². The highest BCUT2D eigenvalue weighted by atomic mass is 35.5. The maximum Gasteiger partial charge on any atom is 0.270 e. The lowest BCUT2D eigenvalue weighted by molar-refractivity contribution is -0.122. The monoisotopic (exact) mass is 388 g/mol. The Morgan fingerprint density at radius 3 is 2.58 bits per heavy atom. The third-order valence-electron chi connectivity index (χ3n) is 3.70. The number of para-hydroxylation sites is 1. The fourth-order valence-electron chi connectivity index (χ4n) is 2.47. The van der Waals surface area contributed by atoms with E-state index < -0.39 is 11.8 Å². The first-order chi connectivity index (χ1) is 12.4. The molecule has 0 saturated carbocycles. The summed E-state index contributed by atoms with van der Waals surface area (Å²) < 4.78 is 5.04. The molecule has 8 heteroatoms. The summed E-state index contributed by atoms with van der Waals surface area (Å²) in [5.41, 5.74) is 0.838. The van der Waals surface area contributed by atoms with Gasteiger partial charge in [0.2, 0.25) is 0 Å². The third kappa shape index (κ3) is 3.26. The number of hydrogen-bond donors (Lipinski definition) is 2. The molecule has 1 aliphatic rings. The number of anilines is 1. The fourth-order valence-corrected chi connectivity index (χ4v) is 2.97. The molecule has 6 nitrogen and oxygen atoms in total. The molecule has 0 radical (unpaired) electrons. The van der Waals surface area contributed by atoms with Crippen LogP contribution in [0.15, 0.2) is 48.0 Å². The van der Waals surface area contributed by atoms with Gasteiger partial charge in [0.1, 0.15) is 5.57 Å². The summed E-state index contributed by atoms with van der Waals surface area (Å²) in [4.78, 5) is 26.4. The van der Waals surface area contributed by atoms with Crippen molar-refractivity contribution in [1.82, 2.24) is 5.32 Å². The van der Waals surface area contributed by atoms with Crippen LogP contribution >= 0.6 is 23.8 Å². The van der Waals surface area contributed by atoms with Crippen molar-refractivity contribution in [3.05, 3.63) is 58.6 Å². The quantitative estimate of drug-likeness (QED) is 0.480. The Morgan fingerprint density at radius 1 is 1.23 bits per heavy atom. The lowest BCUT2D eigenvalue weighted by Crippen LogP contribution is -2.54. The van der Waals surface area contributed by atoms with Crippen LogP contribution in [0.2, 0.25) is 5.02 Å². The number of amides is 2. The number of halogens is 1. The largest absolute Gasteiger partial charge is 0.503 e. The Bertz CT molecular complexity index is 944. The number of carbonyl (C=O) groups excluding carboxylic acids is 2. The minimum Gasteiger partial charge on any atom is -0.503 e. The number of carbonyl (C=O) groups is 2. The van der Waals surface area contributed by atoms with Gasteiger partial charge in [-0.25, -0.2) is 0 Å². The molecule has 132 valence electrons. The predicted molar refractivity (Wildman–Crippen MR) is 102 cm³/mol. The van der Waals surface area contributed by atoms with Crippen molar-refractivity contribution in [3.63, 3.8) is 0 Å². The molecule has 0 bridgehead atoms. The average Bonchev–Trinajstić information content (AvgIpc) is 2.62.